The first-order chi connectivity index (χ1) is 14.3. The minimum atomic E-state index is 0. The number of rotatable bonds is 9. The van der Waals surface area contributed by atoms with Gasteiger partial charge in [0.25, 0.3) is 0 Å². The first-order valence-corrected chi connectivity index (χ1v) is 10.3. The zero-order chi connectivity index (χ0) is 20.3. The number of aliphatic imine (C=N–C) groups is 1. The molecule has 1 aromatic heterocycles. The molecule has 0 amide bonds. The zero-order valence-electron chi connectivity index (χ0n) is 17.7. The normalized spacial score (nSPS) is 12.3. The second-order valence-corrected chi connectivity index (χ2v) is 6.88. The monoisotopic (exact) mass is 518 g/mol. The van der Waals surface area contributed by atoms with Gasteiger partial charge in [-0.15, -0.1) is 24.0 Å². The topological polar surface area (TPSA) is 58.5 Å². The third-order valence-corrected chi connectivity index (χ3v) is 4.74. The number of fused-ring (bicyclic) bond motifs is 1. The van der Waals surface area contributed by atoms with E-state index >= 15 is 0 Å². The molecule has 1 heterocycles. The molecule has 0 aliphatic heterocycles. The van der Waals surface area contributed by atoms with E-state index in [1.807, 2.05) is 42.6 Å². The highest BCUT2D eigenvalue weighted by Crippen LogP contribution is 2.17. The van der Waals surface area contributed by atoms with Crippen molar-refractivity contribution in [1.29, 1.82) is 0 Å². The average Bonchev–Trinajstić information content (AvgIpc) is 2.77. The number of nitrogens with zero attached hydrogens (tertiary/aromatic N) is 2. The van der Waals surface area contributed by atoms with Gasteiger partial charge in [0.1, 0.15) is 0 Å². The fraction of sp³-hybridized carbons (Fsp3) is 0.333. The van der Waals surface area contributed by atoms with E-state index in [-0.39, 0.29) is 30.1 Å². The summed E-state index contributed by atoms with van der Waals surface area (Å²) in [7, 11) is 0. The molecule has 0 spiro atoms. The summed E-state index contributed by atoms with van der Waals surface area (Å²) in [6, 6.07) is 20.6. The summed E-state index contributed by atoms with van der Waals surface area (Å²) in [6.07, 6.45) is 2.86. The number of ether oxygens (including phenoxy) is 1. The Morgan fingerprint density at radius 1 is 1.03 bits per heavy atom. The molecule has 0 saturated heterocycles. The van der Waals surface area contributed by atoms with E-state index in [1.54, 1.807) is 0 Å². The van der Waals surface area contributed by atoms with Crippen molar-refractivity contribution in [3.63, 3.8) is 0 Å². The minimum absolute atomic E-state index is 0. The number of benzene rings is 2. The van der Waals surface area contributed by atoms with Crippen LogP contribution in [-0.4, -0.2) is 30.6 Å². The standard InChI is InChI=1S/C24H30N4O.HI/c1-3-25-24(27-15-9-17-29-19(2)20-10-5-4-6-11-20)28-18-23-22-13-8-7-12-21(22)14-16-26-23;/h4-8,10-14,16,19H,3,9,15,17-18H2,1-2H3,(H2,25,27,28);1H. The Balaban J connectivity index is 0.00000320. The first kappa shape index (κ1) is 24.1. The van der Waals surface area contributed by atoms with E-state index in [4.69, 9.17) is 9.73 Å². The molecule has 5 nitrogen and oxygen atoms in total. The molecule has 30 heavy (non-hydrogen) atoms. The number of hydrogen-bond acceptors (Lipinski definition) is 3. The summed E-state index contributed by atoms with van der Waals surface area (Å²) in [6.45, 7) is 7.02. The Hall–Kier alpha value is -2.19. The van der Waals surface area contributed by atoms with Gasteiger partial charge >= 0.3 is 0 Å². The molecule has 2 N–H and O–H groups in total. The maximum atomic E-state index is 5.94. The molecule has 0 radical (unpaired) electrons. The molecule has 1 atom stereocenters. The summed E-state index contributed by atoms with van der Waals surface area (Å²) in [5.41, 5.74) is 2.19. The van der Waals surface area contributed by atoms with Gasteiger partial charge in [-0.05, 0) is 37.3 Å². The second kappa shape index (κ2) is 13.2. The average molecular weight is 518 g/mol. The largest absolute Gasteiger partial charge is 0.374 e. The van der Waals surface area contributed by atoms with Crippen LogP contribution in [0.2, 0.25) is 0 Å². The van der Waals surface area contributed by atoms with Crippen LogP contribution in [0.1, 0.15) is 37.6 Å². The van der Waals surface area contributed by atoms with Crippen molar-refractivity contribution in [3.05, 3.63) is 78.1 Å². The molecule has 0 fully saturated rings. The molecule has 2 aromatic carbocycles. The van der Waals surface area contributed by atoms with Crippen LogP contribution in [0.3, 0.4) is 0 Å². The molecule has 0 saturated carbocycles. The van der Waals surface area contributed by atoms with Crippen LogP contribution >= 0.6 is 24.0 Å². The van der Waals surface area contributed by atoms with Crippen molar-refractivity contribution >= 4 is 40.7 Å². The van der Waals surface area contributed by atoms with E-state index in [0.29, 0.717) is 13.2 Å². The molecule has 1 unspecified atom stereocenters. The molecule has 6 heteroatoms. The van der Waals surface area contributed by atoms with Crippen molar-refractivity contribution in [3.8, 4) is 0 Å². The smallest absolute Gasteiger partial charge is 0.191 e. The first-order valence-electron chi connectivity index (χ1n) is 10.3. The van der Waals surface area contributed by atoms with E-state index in [2.05, 4.69) is 53.7 Å². The lowest BCUT2D eigenvalue weighted by atomic mass is 10.1. The number of guanidine groups is 1. The number of hydrogen-bond donors (Lipinski definition) is 2. The van der Waals surface area contributed by atoms with Crippen molar-refractivity contribution in [2.75, 3.05) is 19.7 Å². The maximum Gasteiger partial charge on any atom is 0.191 e. The lowest BCUT2D eigenvalue weighted by molar-refractivity contribution is 0.0646. The Labute approximate surface area is 196 Å². The van der Waals surface area contributed by atoms with Crippen LogP contribution < -0.4 is 10.6 Å². The van der Waals surface area contributed by atoms with E-state index < -0.39 is 0 Å². The van der Waals surface area contributed by atoms with Gasteiger partial charge in [-0.1, -0.05) is 54.6 Å². The maximum absolute atomic E-state index is 5.94. The van der Waals surface area contributed by atoms with Crippen LogP contribution in [0.25, 0.3) is 10.8 Å². The number of nitrogens with one attached hydrogen (secondary N) is 2. The molecular weight excluding hydrogens is 487 g/mol. The molecule has 3 aromatic rings. The van der Waals surface area contributed by atoms with Crippen molar-refractivity contribution in [2.24, 2.45) is 4.99 Å². The third kappa shape index (κ3) is 7.25. The van der Waals surface area contributed by atoms with Gasteiger partial charge in [0.2, 0.25) is 0 Å². The Bertz CT molecular complexity index is 912. The lowest BCUT2D eigenvalue weighted by Gasteiger charge is -2.15. The van der Waals surface area contributed by atoms with Gasteiger partial charge in [0.05, 0.1) is 18.3 Å². The van der Waals surface area contributed by atoms with Gasteiger partial charge in [-0.2, -0.15) is 0 Å². The van der Waals surface area contributed by atoms with Gasteiger partial charge in [0, 0.05) is 31.3 Å². The van der Waals surface area contributed by atoms with E-state index in [1.165, 1.54) is 10.9 Å². The molecular formula is C24H31IN4O. The summed E-state index contributed by atoms with van der Waals surface area (Å²) in [4.78, 5) is 9.22. The molecule has 3 rings (SSSR count). The van der Waals surface area contributed by atoms with Crippen LogP contribution in [0.4, 0.5) is 0 Å². The highest BCUT2D eigenvalue weighted by Gasteiger charge is 2.05. The number of aromatic nitrogens is 1. The highest BCUT2D eigenvalue weighted by molar-refractivity contribution is 14.0. The molecule has 160 valence electrons. The van der Waals surface area contributed by atoms with Gasteiger partial charge in [0.15, 0.2) is 5.96 Å². The van der Waals surface area contributed by atoms with Crippen LogP contribution in [0, 0.1) is 0 Å². The van der Waals surface area contributed by atoms with Crippen LogP contribution in [-0.2, 0) is 11.3 Å². The summed E-state index contributed by atoms with van der Waals surface area (Å²) in [5, 5.41) is 9.02. The molecule has 0 bridgehead atoms. The minimum Gasteiger partial charge on any atom is -0.374 e. The summed E-state index contributed by atoms with van der Waals surface area (Å²) in [5.74, 6) is 0.804. The Morgan fingerprint density at radius 2 is 1.80 bits per heavy atom. The predicted octanol–water partition coefficient (Wildman–Crippen LogP) is 5.08. The summed E-state index contributed by atoms with van der Waals surface area (Å²) >= 11 is 0. The second-order valence-electron chi connectivity index (χ2n) is 6.88. The molecule has 0 aliphatic rings. The van der Waals surface area contributed by atoms with Crippen LogP contribution in [0.15, 0.2) is 71.9 Å². The third-order valence-electron chi connectivity index (χ3n) is 4.74. The molecule has 0 aliphatic carbocycles. The fourth-order valence-electron chi connectivity index (χ4n) is 3.16. The summed E-state index contributed by atoms with van der Waals surface area (Å²) < 4.78 is 5.94. The fourth-order valence-corrected chi connectivity index (χ4v) is 3.16. The van der Waals surface area contributed by atoms with E-state index in [0.717, 1.165) is 36.6 Å². The number of pyridine rings is 1. The number of halogens is 1. The van der Waals surface area contributed by atoms with Gasteiger partial charge in [-0.3, -0.25) is 4.98 Å². The van der Waals surface area contributed by atoms with Crippen molar-refractivity contribution in [2.45, 2.75) is 32.9 Å². The highest BCUT2D eigenvalue weighted by atomic mass is 127. The van der Waals surface area contributed by atoms with E-state index in [9.17, 15) is 0 Å². The van der Waals surface area contributed by atoms with Gasteiger partial charge < -0.3 is 15.4 Å². The Kier molecular flexibility index (Phi) is 10.6. The van der Waals surface area contributed by atoms with Crippen LogP contribution in [0.5, 0.6) is 0 Å². The zero-order valence-corrected chi connectivity index (χ0v) is 20.0. The Morgan fingerprint density at radius 3 is 2.60 bits per heavy atom. The lowest BCUT2D eigenvalue weighted by Crippen LogP contribution is -2.38. The van der Waals surface area contributed by atoms with Gasteiger partial charge in [-0.25, -0.2) is 4.99 Å². The SMILES string of the molecule is CCNC(=NCc1nccc2ccccc12)NCCCOC(C)c1ccccc1.I. The van der Waals surface area contributed by atoms with Crippen molar-refractivity contribution in [1.82, 2.24) is 15.6 Å². The van der Waals surface area contributed by atoms with Crippen molar-refractivity contribution < 1.29 is 4.74 Å². The predicted molar refractivity (Wildman–Crippen MR) is 135 cm³/mol. The quantitative estimate of drug-likeness (QED) is 0.180.